The Morgan fingerprint density at radius 3 is 2.50 bits per heavy atom. The molecule has 3 heterocycles. The maximum Gasteiger partial charge on any atom is 0.243 e. The van der Waals surface area contributed by atoms with Gasteiger partial charge in [0.25, 0.3) is 0 Å². The predicted octanol–water partition coefficient (Wildman–Crippen LogP) is 4.05. The molecule has 3 aromatic rings. The van der Waals surface area contributed by atoms with Gasteiger partial charge in [-0.05, 0) is 55.3 Å². The number of thiazole rings is 1. The van der Waals surface area contributed by atoms with Crippen LogP contribution in [0.2, 0.25) is 0 Å². The lowest BCUT2D eigenvalue weighted by Gasteiger charge is -2.15. The van der Waals surface area contributed by atoms with Gasteiger partial charge in [0.15, 0.2) is 22.4 Å². The standard InChI is InChI=1S/C24H25N3O5S2/c28-21(17-4-7-19(8-5-17)34(29,30)27-10-1-2-11-27)15-25-24-26-20(16-33-24)18-6-9-22-23(14-18)32-13-3-12-31-22/h4-9,14,16H,1-3,10-13,15H2,(H,25,26). The molecule has 2 aromatic carbocycles. The van der Waals surface area contributed by atoms with E-state index in [0.717, 1.165) is 36.3 Å². The lowest BCUT2D eigenvalue weighted by Crippen LogP contribution is -2.27. The minimum absolute atomic E-state index is 0.0618. The van der Waals surface area contributed by atoms with Crippen LogP contribution in [0, 0.1) is 0 Å². The summed E-state index contributed by atoms with van der Waals surface area (Å²) in [7, 11) is -3.49. The van der Waals surface area contributed by atoms with Gasteiger partial charge in [0.1, 0.15) is 0 Å². The second-order valence-electron chi connectivity index (χ2n) is 8.16. The molecule has 34 heavy (non-hydrogen) atoms. The molecule has 1 aromatic heterocycles. The molecular formula is C24H25N3O5S2. The van der Waals surface area contributed by atoms with E-state index >= 15 is 0 Å². The second-order valence-corrected chi connectivity index (χ2v) is 11.0. The Balaban J connectivity index is 1.21. The van der Waals surface area contributed by atoms with Gasteiger partial charge in [0, 0.05) is 36.0 Å². The van der Waals surface area contributed by atoms with Crippen LogP contribution < -0.4 is 14.8 Å². The molecule has 0 saturated carbocycles. The third-order valence-electron chi connectivity index (χ3n) is 5.83. The molecule has 0 aliphatic carbocycles. The largest absolute Gasteiger partial charge is 0.490 e. The van der Waals surface area contributed by atoms with Crippen molar-refractivity contribution in [2.24, 2.45) is 0 Å². The third kappa shape index (κ3) is 4.79. The highest BCUT2D eigenvalue weighted by atomic mass is 32.2. The van der Waals surface area contributed by atoms with Crippen LogP contribution in [0.3, 0.4) is 0 Å². The Morgan fingerprint density at radius 2 is 1.74 bits per heavy atom. The maximum absolute atomic E-state index is 12.6. The lowest BCUT2D eigenvalue weighted by atomic mass is 10.1. The van der Waals surface area contributed by atoms with Crippen molar-refractivity contribution in [2.45, 2.75) is 24.2 Å². The molecule has 0 spiro atoms. The number of aromatic nitrogens is 1. The summed E-state index contributed by atoms with van der Waals surface area (Å²) in [6.45, 7) is 2.42. The van der Waals surface area contributed by atoms with Gasteiger partial charge in [0.05, 0.1) is 30.3 Å². The number of sulfonamides is 1. The number of hydrogen-bond donors (Lipinski definition) is 1. The van der Waals surface area contributed by atoms with Crippen LogP contribution in [0.25, 0.3) is 11.3 Å². The van der Waals surface area contributed by atoms with Gasteiger partial charge in [-0.1, -0.05) is 0 Å². The van der Waals surface area contributed by atoms with Crippen molar-refractivity contribution in [2.75, 3.05) is 38.2 Å². The lowest BCUT2D eigenvalue weighted by molar-refractivity contribution is 0.101. The molecule has 2 aliphatic heterocycles. The number of nitrogens with zero attached hydrogens (tertiary/aromatic N) is 2. The van der Waals surface area contributed by atoms with E-state index in [-0.39, 0.29) is 17.2 Å². The number of benzene rings is 2. The normalized spacial score (nSPS) is 16.2. The van der Waals surface area contributed by atoms with Gasteiger partial charge in [-0.3, -0.25) is 4.79 Å². The van der Waals surface area contributed by atoms with Crippen molar-refractivity contribution >= 4 is 32.3 Å². The molecule has 8 nitrogen and oxygen atoms in total. The van der Waals surface area contributed by atoms with Crippen molar-refractivity contribution in [3.8, 4) is 22.8 Å². The van der Waals surface area contributed by atoms with E-state index in [2.05, 4.69) is 10.3 Å². The molecule has 5 rings (SSSR count). The van der Waals surface area contributed by atoms with E-state index in [1.165, 1.54) is 27.8 Å². The Labute approximate surface area is 202 Å². The number of hydrogen-bond acceptors (Lipinski definition) is 8. The molecular weight excluding hydrogens is 474 g/mol. The minimum Gasteiger partial charge on any atom is -0.490 e. The Hall–Kier alpha value is -2.95. The average molecular weight is 500 g/mol. The Kier molecular flexibility index (Phi) is 6.53. The van der Waals surface area contributed by atoms with Crippen LogP contribution in [0.5, 0.6) is 11.5 Å². The van der Waals surface area contributed by atoms with Crippen LogP contribution in [0.4, 0.5) is 5.13 Å². The number of Topliss-reactive ketones (excluding diaryl/α,β-unsaturated/α-hetero) is 1. The third-order valence-corrected chi connectivity index (χ3v) is 8.54. The highest BCUT2D eigenvalue weighted by Gasteiger charge is 2.27. The molecule has 0 amide bonds. The zero-order valence-corrected chi connectivity index (χ0v) is 20.2. The number of fused-ring (bicyclic) bond motifs is 1. The van der Waals surface area contributed by atoms with Crippen LogP contribution in [-0.2, 0) is 10.0 Å². The quantitative estimate of drug-likeness (QED) is 0.490. The fourth-order valence-electron chi connectivity index (χ4n) is 3.96. The summed E-state index contributed by atoms with van der Waals surface area (Å²) in [4.78, 5) is 17.4. The van der Waals surface area contributed by atoms with Crippen molar-refractivity contribution in [3.05, 3.63) is 53.4 Å². The Morgan fingerprint density at radius 1 is 1.00 bits per heavy atom. The van der Waals surface area contributed by atoms with Gasteiger partial charge in [-0.2, -0.15) is 4.31 Å². The summed E-state index contributed by atoms with van der Waals surface area (Å²) in [6.07, 6.45) is 2.61. The summed E-state index contributed by atoms with van der Waals surface area (Å²) in [5.74, 6) is 1.31. The fourth-order valence-corrected chi connectivity index (χ4v) is 6.19. The number of rotatable bonds is 7. The highest BCUT2D eigenvalue weighted by molar-refractivity contribution is 7.89. The van der Waals surface area contributed by atoms with Crippen molar-refractivity contribution < 1.29 is 22.7 Å². The van der Waals surface area contributed by atoms with Crippen LogP contribution in [-0.4, -0.2) is 56.3 Å². The molecule has 0 atom stereocenters. The van der Waals surface area contributed by atoms with Gasteiger partial charge in [-0.15, -0.1) is 11.3 Å². The summed E-state index contributed by atoms with van der Waals surface area (Å²) in [6, 6.07) is 11.9. The van der Waals surface area contributed by atoms with Gasteiger partial charge in [0.2, 0.25) is 10.0 Å². The number of ether oxygens (including phenoxy) is 2. The van der Waals surface area contributed by atoms with E-state index in [0.29, 0.717) is 42.7 Å². The van der Waals surface area contributed by atoms with Gasteiger partial charge in [-0.25, -0.2) is 13.4 Å². The number of carbonyl (C=O) groups is 1. The first-order valence-corrected chi connectivity index (χ1v) is 13.6. The highest BCUT2D eigenvalue weighted by Crippen LogP contribution is 2.35. The number of nitrogens with one attached hydrogen (secondary N) is 1. The molecule has 2 aliphatic rings. The van der Waals surface area contributed by atoms with Crippen molar-refractivity contribution in [3.63, 3.8) is 0 Å². The molecule has 1 fully saturated rings. The van der Waals surface area contributed by atoms with Gasteiger partial charge < -0.3 is 14.8 Å². The number of ketones is 1. The molecule has 1 saturated heterocycles. The van der Waals surface area contributed by atoms with E-state index in [9.17, 15) is 13.2 Å². The SMILES string of the molecule is O=C(CNc1nc(-c2ccc3c(c2)OCCCO3)cs1)c1ccc(S(=O)(=O)N2CCCC2)cc1. The summed E-state index contributed by atoms with van der Waals surface area (Å²) < 4.78 is 38.2. The molecule has 178 valence electrons. The first-order valence-electron chi connectivity index (χ1n) is 11.2. The fraction of sp³-hybridized carbons (Fsp3) is 0.333. The van der Waals surface area contributed by atoms with E-state index in [1.54, 1.807) is 12.1 Å². The van der Waals surface area contributed by atoms with E-state index in [4.69, 9.17) is 9.47 Å². The van der Waals surface area contributed by atoms with Gasteiger partial charge >= 0.3 is 0 Å². The molecule has 0 unspecified atom stereocenters. The van der Waals surface area contributed by atoms with E-state index < -0.39 is 10.0 Å². The summed E-state index contributed by atoms with van der Waals surface area (Å²) >= 11 is 1.41. The zero-order chi connectivity index (χ0) is 23.5. The summed E-state index contributed by atoms with van der Waals surface area (Å²) in [5.41, 5.74) is 2.15. The molecule has 0 radical (unpaired) electrons. The Bertz CT molecular complexity index is 1280. The van der Waals surface area contributed by atoms with Crippen LogP contribution in [0.15, 0.2) is 52.7 Å². The molecule has 1 N–H and O–H groups in total. The van der Waals surface area contributed by atoms with Crippen molar-refractivity contribution in [1.29, 1.82) is 0 Å². The van der Waals surface area contributed by atoms with Crippen LogP contribution >= 0.6 is 11.3 Å². The number of carbonyl (C=O) groups excluding carboxylic acids is 1. The minimum atomic E-state index is -3.49. The first-order chi connectivity index (χ1) is 16.5. The maximum atomic E-state index is 12.6. The average Bonchev–Trinajstić information content (AvgIpc) is 3.51. The predicted molar refractivity (Wildman–Crippen MR) is 130 cm³/mol. The van der Waals surface area contributed by atoms with E-state index in [1.807, 2.05) is 23.6 Å². The monoisotopic (exact) mass is 499 g/mol. The first kappa shape index (κ1) is 22.8. The smallest absolute Gasteiger partial charge is 0.243 e. The molecule has 10 heteroatoms. The topological polar surface area (TPSA) is 97.8 Å². The molecule has 0 bridgehead atoms. The number of anilines is 1. The zero-order valence-electron chi connectivity index (χ0n) is 18.5. The summed E-state index contributed by atoms with van der Waals surface area (Å²) in [5, 5.41) is 5.62. The van der Waals surface area contributed by atoms with Crippen LogP contribution in [0.1, 0.15) is 29.6 Å². The van der Waals surface area contributed by atoms with Crippen molar-refractivity contribution in [1.82, 2.24) is 9.29 Å². The second kappa shape index (κ2) is 9.73.